The number of carbonyl (C=O) groups excluding carboxylic acids is 1. The molecule has 0 bridgehead atoms. The number of rotatable bonds is 2. The van der Waals surface area contributed by atoms with Crippen LogP contribution in [0.5, 0.6) is 0 Å². The fourth-order valence-corrected chi connectivity index (χ4v) is 3.11. The standard InChI is InChI=1S/C14H26N2O/c1-3-14(2)7-5-9-16(11-14)13(17)12-6-4-8-15-10-12/h12,15H,3-11H2,1-2H3. The van der Waals surface area contributed by atoms with Crippen LogP contribution in [0.4, 0.5) is 0 Å². The number of nitrogens with one attached hydrogen (secondary N) is 1. The Morgan fingerprint density at radius 1 is 1.47 bits per heavy atom. The molecule has 0 aliphatic carbocycles. The molecule has 0 radical (unpaired) electrons. The largest absolute Gasteiger partial charge is 0.342 e. The van der Waals surface area contributed by atoms with Crippen LogP contribution in [0.2, 0.25) is 0 Å². The molecular formula is C14H26N2O. The first kappa shape index (κ1) is 12.9. The molecule has 2 unspecified atom stereocenters. The summed E-state index contributed by atoms with van der Waals surface area (Å²) in [6.45, 7) is 8.49. The highest BCUT2D eigenvalue weighted by atomic mass is 16.2. The second-order valence-electron chi connectivity index (χ2n) is 6.07. The van der Waals surface area contributed by atoms with Crippen LogP contribution >= 0.6 is 0 Å². The first-order chi connectivity index (χ1) is 8.14. The lowest BCUT2D eigenvalue weighted by atomic mass is 9.79. The van der Waals surface area contributed by atoms with Gasteiger partial charge >= 0.3 is 0 Å². The van der Waals surface area contributed by atoms with Crippen molar-refractivity contribution in [2.75, 3.05) is 26.2 Å². The van der Waals surface area contributed by atoms with Crippen LogP contribution in [0.15, 0.2) is 0 Å². The molecule has 2 rings (SSSR count). The van der Waals surface area contributed by atoms with Crippen LogP contribution in [0.1, 0.15) is 46.0 Å². The van der Waals surface area contributed by atoms with Gasteiger partial charge in [0.2, 0.25) is 5.91 Å². The summed E-state index contributed by atoms with van der Waals surface area (Å²) in [5, 5.41) is 3.34. The number of piperidine rings is 2. The highest BCUT2D eigenvalue weighted by Crippen LogP contribution is 2.33. The third-order valence-electron chi connectivity index (χ3n) is 4.59. The molecule has 3 heteroatoms. The third kappa shape index (κ3) is 3.01. The van der Waals surface area contributed by atoms with Gasteiger partial charge in [-0.25, -0.2) is 0 Å². The van der Waals surface area contributed by atoms with Crippen molar-refractivity contribution in [2.24, 2.45) is 11.3 Å². The molecule has 0 spiro atoms. The fourth-order valence-electron chi connectivity index (χ4n) is 3.11. The first-order valence-electron chi connectivity index (χ1n) is 7.14. The van der Waals surface area contributed by atoms with Crippen LogP contribution in [-0.4, -0.2) is 37.0 Å². The van der Waals surface area contributed by atoms with Gasteiger partial charge in [-0.3, -0.25) is 4.79 Å². The number of amides is 1. The summed E-state index contributed by atoms with van der Waals surface area (Å²) < 4.78 is 0. The van der Waals surface area contributed by atoms with E-state index in [4.69, 9.17) is 0 Å². The Balaban J connectivity index is 1.94. The molecule has 2 heterocycles. The predicted molar refractivity (Wildman–Crippen MR) is 69.8 cm³/mol. The van der Waals surface area contributed by atoms with E-state index in [1.54, 1.807) is 0 Å². The SMILES string of the molecule is CCC1(C)CCCN(C(=O)C2CCCNC2)C1. The number of nitrogens with zero attached hydrogens (tertiary/aromatic N) is 1. The summed E-state index contributed by atoms with van der Waals surface area (Å²) in [7, 11) is 0. The summed E-state index contributed by atoms with van der Waals surface area (Å²) in [6, 6.07) is 0. The summed E-state index contributed by atoms with van der Waals surface area (Å²) in [5.41, 5.74) is 0.357. The summed E-state index contributed by atoms with van der Waals surface area (Å²) >= 11 is 0. The zero-order valence-electron chi connectivity index (χ0n) is 11.3. The Labute approximate surface area is 105 Å². The van der Waals surface area contributed by atoms with E-state index in [0.717, 1.165) is 39.0 Å². The van der Waals surface area contributed by atoms with Gasteiger partial charge in [0, 0.05) is 19.6 Å². The van der Waals surface area contributed by atoms with Crippen molar-refractivity contribution >= 4 is 5.91 Å². The smallest absolute Gasteiger partial charge is 0.226 e. The normalized spacial score (nSPS) is 34.7. The Morgan fingerprint density at radius 3 is 2.94 bits per heavy atom. The molecule has 2 aliphatic rings. The summed E-state index contributed by atoms with van der Waals surface area (Å²) in [6.07, 6.45) is 5.85. The van der Waals surface area contributed by atoms with Gasteiger partial charge in [0.15, 0.2) is 0 Å². The number of carbonyl (C=O) groups is 1. The fraction of sp³-hybridized carbons (Fsp3) is 0.929. The van der Waals surface area contributed by atoms with Crippen molar-refractivity contribution in [1.29, 1.82) is 0 Å². The second kappa shape index (κ2) is 5.38. The molecule has 0 aromatic rings. The minimum absolute atomic E-state index is 0.239. The van der Waals surface area contributed by atoms with E-state index in [-0.39, 0.29) is 5.92 Å². The van der Waals surface area contributed by atoms with Gasteiger partial charge in [0.05, 0.1) is 5.92 Å². The maximum atomic E-state index is 12.4. The van der Waals surface area contributed by atoms with Gasteiger partial charge in [-0.15, -0.1) is 0 Å². The van der Waals surface area contributed by atoms with Gasteiger partial charge in [-0.1, -0.05) is 13.8 Å². The molecule has 0 saturated carbocycles. The highest BCUT2D eigenvalue weighted by molar-refractivity contribution is 5.79. The van der Waals surface area contributed by atoms with Crippen molar-refractivity contribution in [3.8, 4) is 0 Å². The van der Waals surface area contributed by atoms with Gasteiger partial charge in [0.1, 0.15) is 0 Å². The van der Waals surface area contributed by atoms with Gasteiger partial charge < -0.3 is 10.2 Å². The summed E-state index contributed by atoms with van der Waals surface area (Å²) in [4.78, 5) is 14.6. The molecule has 3 nitrogen and oxygen atoms in total. The predicted octanol–water partition coefficient (Wildman–Crippen LogP) is 2.02. The lowest BCUT2D eigenvalue weighted by Crippen LogP contribution is -2.49. The number of hydrogen-bond donors (Lipinski definition) is 1. The first-order valence-corrected chi connectivity index (χ1v) is 7.14. The van der Waals surface area contributed by atoms with Gasteiger partial charge in [-0.2, -0.15) is 0 Å². The minimum Gasteiger partial charge on any atom is -0.342 e. The molecule has 0 aromatic heterocycles. The molecule has 0 aromatic carbocycles. The van der Waals surface area contributed by atoms with E-state index in [0.29, 0.717) is 11.3 Å². The van der Waals surface area contributed by atoms with Crippen LogP contribution in [0, 0.1) is 11.3 Å². The second-order valence-corrected chi connectivity index (χ2v) is 6.07. The van der Waals surface area contributed by atoms with Gasteiger partial charge in [-0.05, 0) is 44.1 Å². The molecule has 1 amide bonds. The zero-order chi connectivity index (χ0) is 12.3. The molecule has 2 saturated heterocycles. The van der Waals surface area contributed by atoms with Gasteiger partial charge in [0.25, 0.3) is 0 Å². The van der Waals surface area contributed by atoms with E-state index in [1.807, 2.05) is 0 Å². The monoisotopic (exact) mass is 238 g/mol. The van der Waals surface area contributed by atoms with Crippen molar-refractivity contribution in [3.05, 3.63) is 0 Å². The minimum atomic E-state index is 0.239. The Kier molecular flexibility index (Phi) is 4.08. The molecular weight excluding hydrogens is 212 g/mol. The van der Waals surface area contributed by atoms with Crippen molar-refractivity contribution in [2.45, 2.75) is 46.0 Å². The quantitative estimate of drug-likeness (QED) is 0.798. The van der Waals surface area contributed by atoms with Crippen molar-refractivity contribution in [1.82, 2.24) is 10.2 Å². The Morgan fingerprint density at radius 2 is 2.29 bits per heavy atom. The molecule has 17 heavy (non-hydrogen) atoms. The van der Waals surface area contributed by atoms with Crippen molar-refractivity contribution < 1.29 is 4.79 Å². The zero-order valence-corrected chi connectivity index (χ0v) is 11.3. The third-order valence-corrected chi connectivity index (χ3v) is 4.59. The van der Waals surface area contributed by atoms with Crippen LogP contribution in [0.3, 0.4) is 0 Å². The van der Waals surface area contributed by atoms with E-state index in [2.05, 4.69) is 24.1 Å². The van der Waals surface area contributed by atoms with E-state index in [1.165, 1.54) is 19.3 Å². The number of hydrogen-bond acceptors (Lipinski definition) is 2. The maximum absolute atomic E-state index is 12.4. The average molecular weight is 238 g/mol. The molecule has 2 fully saturated rings. The Hall–Kier alpha value is -0.570. The van der Waals surface area contributed by atoms with Crippen LogP contribution in [-0.2, 0) is 4.79 Å². The topological polar surface area (TPSA) is 32.3 Å². The lowest BCUT2D eigenvalue weighted by molar-refractivity contribution is -0.139. The number of likely N-dealkylation sites (tertiary alicyclic amines) is 1. The molecule has 98 valence electrons. The molecule has 2 aliphatic heterocycles. The summed E-state index contributed by atoms with van der Waals surface area (Å²) in [5.74, 6) is 0.638. The van der Waals surface area contributed by atoms with Crippen LogP contribution < -0.4 is 5.32 Å². The lowest BCUT2D eigenvalue weighted by Gasteiger charge is -2.41. The Bertz CT molecular complexity index is 273. The molecule has 2 atom stereocenters. The van der Waals surface area contributed by atoms with E-state index >= 15 is 0 Å². The van der Waals surface area contributed by atoms with Crippen molar-refractivity contribution in [3.63, 3.8) is 0 Å². The maximum Gasteiger partial charge on any atom is 0.226 e. The van der Waals surface area contributed by atoms with E-state index < -0.39 is 0 Å². The highest BCUT2D eigenvalue weighted by Gasteiger charge is 2.34. The molecule has 1 N–H and O–H groups in total. The van der Waals surface area contributed by atoms with Crippen LogP contribution in [0.25, 0.3) is 0 Å². The average Bonchev–Trinajstić information content (AvgIpc) is 2.39. The van der Waals surface area contributed by atoms with E-state index in [9.17, 15) is 4.79 Å².